The summed E-state index contributed by atoms with van der Waals surface area (Å²) in [6.45, 7) is 2.35. The summed E-state index contributed by atoms with van der Waals surface area (Å²) in [5.41, 5.74) is 5.88. The Hall–Kier alpha value is -2.55. The van der Waals surface area contributed by atoms with Gasteiger partial charge in [-0.2, -0.15) is 0 Å². The Bertz CT molecular complexity index is 922. The highest BCUT2D eigenvalue weighted by molar-refractivity contribution is 6.02. The van der Waals surface area contributed by atoms with Crippen LogP contribution in [-0.2, 0) is 19.4 Å². The average Bonchev–Trinajstić information content (AvgIpc) is 3.19. The molecule has 0 unspecified atom stereocenters. The zero-order chi connectivity index (χ0) is 16.7. The lowest BCUT2D eigenvalue weighted by Crippen LogP contribution is -2.08. The minimum atomic E-state index is 0.0935. The smallest absolute Gasteiger partial charge is 0.176 e. The van der Waals surface area contributed by atoms with Crippen LogP contribution < -0.4 is 4.74 Å². The third-order valence-corrected chi connectivity index (χ3v) is 4.98. The lowest BCUT2D eigenvalue weighted by atomic mass is 10.1. The van der Waals surface area contributed by atoms with Gasteiger partial charge in [-0.05, 0) is 48.1 Å². The molecule has 1 heterocycles. The van der Waals surface area contributed by atoms with Crippen molar-refractivity contribution < 1.29 is 9.53 Å². The predicted molar refractivity (Wildman–Crippen MR) is 96.1 cm³/mol. The largest absolute Gasteiger partial charge is 0.496 e. The summed E-state index contributed by atoms with van der Waals surface area (Å²) in [6, 6.07) is 14.5. The highest BCUT2D eigenvalue weighted by Crippen LogP contribution is 2.38. The monoisotopic (exact) mass is 319 g/mol. The van der Waals surface area contributed by atoms with Crippen LogP contribution in [0.15, 0.2) is 42.5 Å². The van der Waals surface area contributed by atoms with Crippen LogP contribution in [0, 0.1) is 0 Å². The number of rotatable bonds is 4. The number of fused-ring (bicyclic) bond motifs is 3. The summed E-state index contributed by atoms with van der Waals surface area (Å²) in [5, 5.41) is 1.05. The summed E-state index contributed by atoms with van der Waals surface area (Å²) in [5.74, 6) is 0.968. The maximum atomic E-state index is 12.3. The fourth-order valence-corrected chi connectivity index (χ4v) is 3.89. The van der Waals surface area contributed by atoms with Gasteiger partial charge in [0.15, 0.2) is 5.78 Å². The van der Waals surface area contributed by atoms with E-state index in [1.54, 1.807) is 14.0 Å². The second-order valence-electron chi connectivity index (χ2n) is 6.49. The third-order valence-electron chi connectivity index (χ3n) is 4.98. The molecule has 0 radical (unpaired) electrons. The molecule has 3 nitrogen and oxygen atoms in total. The van der Waals surface area contributed by atoms with Crippen LogP contribution in [0.2, 0.25) is 0 Å². The van der Waals surface area contributed by atoms with Crippen LogP contribution in [0.4, 0.5) is 0 Å². The highest BCUT2D eigenvalue weighted by Gasteiger charge is 2.23. The van der Waals surface area contributed by atoms with E-state index in [0.717, 1.165) is 29.7 Å². The van der Waals surface area contributed by atoms with Crippen molar-refractivity contribution in [1.29, 1.82) is 0 Å². The standard InChI is InChI=1S/C21H21NO2/c1-14(23)19-12-18-20(24-2)11-16-9-6-10-17(16)21(18)22(19)13-15-7-4-3-5-8-15/h3-5,7-8,11-12H,6,9-10,13H2,1-2H3. The lowest BCUT2D eigenvalue weighted by Gasteiger charge is -2.13. The number of Topliss-reactive ketones (excluding diaryl/α,β-unsaturated/α-hetero) is 1. The van der Waals surface area contributed by atoms with Crippen LogP contribution in [0.5, 0.6) is 5.75 Å². The van der Waals surface area contributed by atoms with E-state index < -0.39 is 0 Å². The lowest BCUT2D eigenvalue weighted by molar-refractivity contribution is 0.101. The van der Waals surface area contributed by atoms with E-state index in [0.29, 0.717) is 6.54 Å². The zero-order valence-electron chi connectivity index (χ0n) is 14.1. The Morgan fingerprint density at radius 2 is 1.96 bits per heavy atom. The first kappa shape index (κ1) is 15.0. The number of ether oxygens (including phenoxy) is 1. The SMILES string of the molecule is COc1cc2c(c3c1cc(C(C)=O)n3Cc1ccccc1)CCC2. The Balaban J connectivity index is 2.01. The van der Waals surface area contributed by atoms with Crippen molar-refractivity contribution in [2.75, 3.05) is 7.11 Å². The molecule has 0 atom stereocenters. The third kappa shape index (κ3) is 2.32. The number of hydrogen-bond donors (Lipinski definition) is 0. The molecule has 0 N–H and O–H groups in total. The predicted octanol–water partition coefficient (Wildman–Crippen LogP) is 4.39. The summed E-state index contributed by atoms with van der Waals surface area (Å²) >= 11 is 0. The number of benzene rings is 2. The van der Waals surface area contributed by atoms with E-state index in [2.05, 4.69) is 22.8 Å². The Labute approximate surface area is 141 Å². The molecule has 0 amide bonds. The number of aryl methyl sites for hydroxylation is 2. The number of methoxy groups -OCH3 is 1. The zero-order valence-corrected chi connectivity index (χ0v) is 14.1. The molecule has 0 bridgehead atoms. The summed E-state index contributed by atoms with van der Waals surface area (Å²) in [4.78, 5) is 12.3. The molecular formula is C21H21NO2. The summed E-state index contributed by atoms with van der Waals surface area (Å²) < 4.78 is 7.81. The van der Waals surface area contributed by atoms with Crippen LogP contribution in [0.1, 0.15) is 40.5 Å². The van der Waals surface area contributed by atoms with Gasteiger partial charge in [-0.3, -0.25) is 4.79 Å². The van der Waals surface area contributed by atoms with Crippen LogP contribution >= 0.6 is 0 Å². The maximum absolute atomic E-state index is 12.3. The Morgan fingerprint density at radius 3 is 2.67 bits per heavy atom. The van der Waals surface area contributed by atoms with E-state index in [-0.39, 0.29) is 5.78 Å². The van der Waals surface area contributed by atoms with Gasteiger partial charge in [-0.15, -0.1) is 0 Å². The van der Waals surface area contributed by atoms with Crippen molar-refractivity contribution in [2.24, 2.45) is 0 Å². The molecule has 1 aliphatic rings. The van der Waals surface area contributed by atoms with E-state index >= 15 is 0 Å². The van der Waals surface area contributed by atoms with Gasteiger partial charge in [-0.1, -0.05) is 30.3 Å². The van der Waals surface area contributed by atoms with Gasteiger partial charge in [0.25, 0.3) is 0 Å². The van der Waals surface area contributed by atoms with E-state index in [4.69, 9.17) is 4.74 Å². The molecule has 0 saturated heterocycles. The molecule has 0 aliphatic heterocycles. The van der Waals surface area contributed by atoms with Crippen LogP contribution in [-0.4, -0.2) is 17.5 Å². The molecule has 3 heteroatoms. The second-order valence-corrected chi connectivity index (χ2v) is 6.49. The minimum absolute atomic E-state index is 0.0935. The van der Waals surface area contributed by atoms with Crippen molar-refractivity contribution in [2.45, 2.75) is 32.7 Å². The number of hydrogen-bond acceptors (Lipinski definition) is 2. The second kappa shape index (κ2) is 5.82. The molecule has 1 aromatic heterocycles. The van der Waals surface area contributed by atoms with Gasteiger partial charge in [0.2, 0.25) is 0 Å². The van der Waals surface area contributed by atoms with Gasteiger partial charge in [-0.25, -0.2) is 0 Å². The first-order valence-electron chi connectivity index (χ1n) is 8.46. The summed E-state index contributed by atoms with van der Waals surface area (Å²) in [6.07, 6.45) is 3.34. The van der Waals surface area contributed by atoms with Crippen molar-refractivity contribution in [3.05, 3.63) is 64.8 Å². The van der Waals surface area contributed by atoms with E-state index in [1.165, 1.54) is 28.6 Å². The number of aromatic nitrogens is 1. The van der Waals surface area contributed by atoms with Crippen molar-refractivity contribution in [3.8, 4) is 5.75 Å². The fraction of sp³-hybridized carbons (Fsp3) is 0.286. The molecule has 0 fully saturated rings. The maximum Gasteiger partial charge on any atom is 0.176 e. The van der Waals surface area contributed by atoms with Crippen LogP contribution in [0.25, 0.3) is 10.9 Å². The molecule has 4 rings (SSSR count). The number of carbonyl (C=O) groups excluding carboxylic acids is 1. The van der Waals surface area contributed by atoms with Crippen LogP contribution in [0.3, 0.4) is 0 Å². The molecule has 0 saturated carbocycles. The van der Waals surface area contributed by atoms with Crippen molar-refractivity contribution >= 4 is 16.7 Å². The van der Waals surface area contributed by atoms with Gasteiger partial charge < -0.3 is 9.30 Å². The normalized spacial score (nSPS) is 13.2. The van der Waals surface area contributed by atoms with E-state index in [1.807, 2.05) is 24.3 Å². The molecule has 0 spiro atoms. The summed E-state index contributed by atoms with van der Waals surface area (Å²) in [7, 11) is 1.71. The first-order chi connectivity index (χ1) is 11.7. The fourth-order valence-electron chi connectivity index (χ4n) is 3.89. The molecule has 24 heavy (non-hydrogen) atoms. The van der Waals surface area contributed by atoms with Gasteiger partial charge in [0.1, 0.15) is 5.75 Å². The quantitative estimate of drug-likeness (QED) is 0.668. The van der Waals surface area contributed by atoms with Gasteiger partial charge >= 0.3 is 0 Å². The Kier molecular flexibility index (Phi) is 3.64. The minimum Gasteiger partial charge on any atom is -0.496 e. The van der Waals surface area contributed by atoms with Gasteiger partial charge in [0.05, 0.1) is 18.3 Å². The van der Waals surface area contributed by atoms with E-state index in [9.17, 15) is 4.79 Å². The molecule has 2 aromatic carbocycles. The Morgan fingerprint density at radius 1 is 1.17 bits per heavy atom. The topological polar surface area (TPSA) is 31.2 Å². The number of ketones is 1. The van der Waals surface area contributed by atoms with Crippen molar-refractivity contribution in [3.63, 3.8) is 0 Å². The molecule has 122 valence electrons. The van der Waals surface area contributed by atoms with Crippen molar-refractivity contribution in [1.82, 2.24) is 4.57 Å². The average molecular weight is 319 g/mol. The molecular weight excluding hydrogens is 298 g/mol. The van der Waals surface area contributed by atoms with Gasteiger partial charge in [0, 0.05) is 18.9 Å². The number of nitrogens with zero attached hydrogens (tertiary/aromatic N) is 1. The number of carbonyl (C=O) groups is 1. The highest BCUT2D eigenvalue weighted by atomic mass is 16.5. The molecule has 1 aliphatic carbocycles. The molecule has 3 aromatic rings. The first-order valence-corrected chi connectivity index (χ1v) is 8.46.